The molecule has 6 heteroatoms. The van der Waals surface area contributed by atoms with E-state index in [1.54, 1.807) is 17.1 Å². The number of carbonyl (C=O) groups is 1. The number of carbonyl (C=O) groups excluding carboxylic acids is 1. The summed E-state index contributed by atoms with van der Waals surface area (Å²) in [5.41, 5.74) is 6.48. The van der Waals surface area contributed by atoms with Gasteiger partial charge in [0, 0.05) is 11.3 Å². The highest BCUT2D eigenvalue weighted by Crippen LogP contribution is 2.16. The van der Waals surface area contributed by atoms with E-state index in [9.17, 15) is 4.79 Å². The lowest BCUT2D eigenvalue weighted by Crippen LogP contribution is -2.13. The molecule has 0 unspecified atom stereocenters. The minimum atomic E-state index is -0.179. The molecule has 0 saturated carbocycles. The maximum absolute atomic E-state index is 12.4. The van der Waals surface area contributed by atoms with Crippen LogP contribution < -0.4 is 5.32 Å². The minimum absolute atomic E-state index is 0.179. The third-order valence-corrected chi connectivity index (χ3v) is 4.51. The Morgan fingerprint density at radius 3 is 2.24 bits per heavy atom. The van der Waals surface area contributed by atoms with E-state index >= 15 is 0 Å². The fourth-order valence-electron chi connectivity index (χ4n) is 2.50. The first kappa shape index (κ1) is 16.8. The van der Waals surface area contributed by atoms with Gasteiger partial charge in [0.15, 0.2) is 0 Å². The van der Waals surface area contributed by atoms with Crippen LogP contribution in [0.5, 0.6) is 0 Å². The molecule has 3 rings (SSSR count). The van der Waals surface area contributed by atoms with E-state index in [0.29, 0.717) is 17.2 Å². The van der Waals surface area contributed by atoms with Gasteiger partial charge in [-0.05, 0) is 63.4 Å². The van der Waals surface area contributed by atoms with Gasteiger partial charge in [-0.3, -0.25) is 4.79 Å². The zero-order chi connectivity index (χ0) is 18.1. The van der Waals surface area contributed by atoms with Crippen LogP contribution in [-0.2, 0) is 0 Å². The van der Waals surface area contributed by atoms with Gasteiger partial charge in [-0.15, -0.1) is 0 Å². The van der Waals surface area contributed by atoms with Crippen molar-refractivity contribution in [2.75, 3.05) is 5.32 Å². The molecule has 1 amide bonds. The molecule has 3 aromatic rings. The average molecular weight is 335 g/mol. The van der Waals surface area contributed by atoms with E-state index < -0.39 is 0 Å². The molecule has 2 heterocycles. The van der Waals surface area contributed by atoms with Crippen LogP contribution in [0.2, 0.25) is 0 Å². The molecule has 0 radical (unpaired) electrons. The monoisotopic (exact) mass is 335 g/mol. The molecule has 6 nitrogen and oxygen atoms in total. The van der Waals surface area contributed by atoms with Crippen LogP contribution >= 0.6 is 0 Å². The van der Waals surface area contributed by atoms with E-state index in [-0.39, 0.29) is 5.91 Å². The standard InChI is InChI=1S/C19H21N5O/c1-11-6-7-16(8-12(11)2)18(25)22-17-9-20-19(21-10-17)24-15(5)13(3)14(4)23-24/h6-10H,1-5H3,(H,22,25). The number of aromatic nitrogens is 4. The molecular formula is C19H21N5O. The van der Waals surface area contributed by atoms with Gasteiger partial charge < -0.3 is 5.32 Å². The zero-order valence-corrected chi connectivity index (χ0v) is 15.1. The number of benzene rings is 1. The topological polar surface area (TPSA) is 72.7 Å². The summed E-state index contributed by atoms with van der Waals surface area (Å²) in [6.07, 6.45) is 3.18. The lowest BCUT2D eigenvalue weighted by Gasteiger charge is -2.08. The fourth-order valence-corrected chi connectivity index (χ4v) is 2.50. The summed E-state index contributed by atoms with van der Waals surface area (Å²) >= 11 is 0. The third kappa shape index (κ3) is 3.28. The van der Waals surface area contributed by atoms with Crippen molar-refractivity contribution in [1.29, 1.82) is 0 Å². The van der Waals surface area contributed by atoms with E-state index in [1.807, 2.05) is 52.8 Å². The molecule has 0 saturated heterocycles. The van der Waals surface area contributed by atoms with Crippen molar-refractivity contribution in [1.82, 2.24) is 19.7 Å². The van der Waals surface area contributed by atoms with Crippen molar-refractivity contribution in [2.24, 2.45) is 0 Å². The third-order valence-electron chi connectivity index (χ3n) is 4.51. The SMILES string of the molecule is Cc1ccc(C(=O)Nc2cnc(-n3nc(C)c(C)c3C)nc2)cc1C. The van der Waals surface area contributed by atoms with Gasteiger partial charge in [-0.1, -0.05) is 6.07 Å². The molecule has 0 spiro atoms. The summed E-state index contributed by atoms with van der Waals surface area (Å²) in [5.74, 6) is 0.305. The van der Waals surface area contributed by atoms with Crippen molar-refractivity contribution in [3.05, 3.63) is 64.2 Å². The maximum Gasteiger partial charge on any atom is 0.255 e. The second-order valence-corrected chi connectivity index (χ2v) is 6.23. The maximum atomic E-state index is 12.4. The molecule has 0 aliphatic rings. The number of aryl methyl sites for hydroxylation is 3. The van der Waals surface area contributed by atoms with E-state index in [1.165, 1.54) is 0 Å². The van der Waals surface area contributed by atoms with Crippen molar-refractivity contribution >= 4 is 11.6 Å². The Morgan fingerprint density at radius 2 is 1.68 bits per heavy atom. The van der Waals surface area contributed by atoms with Gasteiger partial charge in [-0.2, -0.15) is 5.10 Å². The Labute approximate surface area is 146 Å². The summed E-state index contributed by atoms with van der Waals surface area (Å²) in [4.78, 5) is 21.0. The Balaban J connectivity index is 1.79. The Bertz CT molecular complexity index is 941. The predicted octanol–water partition coefficient (Wildman–Crippen LogP) is 3.46. The van der Waals surface area contributed by atoms with Crippen molar-refractivity contribution in [3.8, 4) is 5.95 Å². The van der Waals surface area contributed by atoms with Crippen LogP contribution in [0.25, 0.3) is 5.95 Å². The van der Waals surface area contributed by atoms with Crippen LogP contribution in [0, 0.1) is 34.6 Å². The first-order valence-electron chi connectivity index (χ1n) is 8.10. The summed E-state index contributed by atoms with van der Waals surface area (Å²) in [6, 6.07) is 5.62. The highest BCUT2D eigenvalue weighted by Gasteiger charge is 2.12. The van der Waals surface area contributed by atoms with E-state index in [2.05, 4.69) is 20.4 Å². The quantitative estimate of drug-likeness (QED) is 0.795. The average Bonchev–Trinajstić information content (AvgIpc) is 2.85. The summed E-state index contributed by atoms with van der Waals surface area (Å²) in [5, 5.41) is 7.26. The molecule has 0 aliphatic carbocycles. The molecule has 0 bridgehead atoms. The highest BCUT2D eigenvalue weighted by molar-refractivity contribution is 6.04. The van der Waals surface area contributed by atoms with Gasteiger partial charge in [0.25, 0.3) is 11.9 Å². The van der Waals surface area contributed by atoms with Crippen LogP contribution in [0.1, 0.15) is 38.4 Å². The molecule has 25 heavy (non-hydrogen) atoms. The molecule has 0 fully saturated rings. The molecule has 2 aromatic heterocycles. The first-order chi connectivity index (χ1) is 11.9. The van der Waals surface area contributed by atoms with Crippen molar-refractivity contribution < 1.29 is 4.79 Å². The Kier molecular flexibility index (Phi) is 4.35. The van der Waals surface area contributed by atoms with Gasteiger partial charge in [0.05, 0.1) is 23.8 Å². The number of nitrogens with one attached hydrogen (secondary N) is 1. The Morgan fingerprint density at radius 1 is 1.00 bits per heavy atom. The van der Waals surface area contributed by atoms with Gasteiger partial charge in [0.2, 0.25) is 0 Å². The molecule has 0 atom stereocenters. The number of rotatable bonds is 3. The summed E-state index contributed by atoms with van der Waals surface area (Å²) in [6.45, 7) is 9.96. The number of hydrogen-bond acceptors (Lipinski definition) is 4. The zero-order valence-electron chi connectivity index (χ0n) is 15.1. The fraction of sp³-hybridized carbons (Fsp3) is 0.263. The number of anilines is 1. The molecule has 128 valence electrons. The number of hydrogen-bond donors (Lipinski definition) is 1. The number of amides is 1. The molecule has 0 aliphatic heterocycles. The predicted molar refractivity (Wildman–Crippen MR) is 97.2 cm³/mol. The Hall–Kier alpha value is -3.02. The largest absolute Gasteiger partial charge is 0.319 e. The van der Waals surface area contributed by atoms with Crippen molar-refractivity contribution in [3.63, 3.8) is 0 Å². The van der Waals surface area contributed by atoms with Crippen molar-refractivity contribution in [2.45, 2.75) is 34.6 Å². The van der Waals surface area contributed by atoms with Gasteiger partial charge >= 0.3 is 0 Å². The van der Waals surface area contributed by atoms with Gasteiger partial charge in [0.1, 0.15) is 0 Å². The van der Waals surface area contributed by atoms with Crippen LogP contribution in [0.4, 0.5) is 5.69 Å². The number of nitrogens with zero attached hydrogens (tertiary/aromatic N) is 4. The first-order valence-corrected chi connectivity index (χ1v) is 8.10. The van der Waals surface area contributed by atoms with E-state index in [0.717, 1.165) is 28.1 Å². The second-order valence-electron chi connectivity index (χ2n) is 6.23. The van der Waals surface area contributed by atoms with Crippen LogP contribution in [-0.4, -0.2) is 25.7 Å². The molecule has 1 N–H and O–H groups in total. The van der Waals surface area contributed by atoms with Crippen LogP contribution in [0.15, 0.2) is 30.6 Å². The lowest BCUT2D eigenvalue weighted by molar-refractivity contribution is 0.102. The highest BCUT2D eigenvalue weighted by atomic mass is 16.1. The lowest BCUT2D eigenvalue weighted by atomic mass is 10.1. The second kappa shape index (κ2) is 6.47. The minimum Gasteiger partial charge on any atom is -0.319 e. The smallest absolute Gasteiger partial charge is 0.255 e. The van der Waals surface area contributed by atoms with Crippen LogP contribution in [0.3, 0.4) is 0 Å². The summed E-state index contributed by atoms with van der Waals surface area (Å²) < 4.78 is 1.71. The van der Waals surface area contributed by atoms with Gasteiger partial charge in [-0.25, -0.2) is 14.6 Å². The molecular weight excluding hydrogens is 314 g/mol. The normalized spacial score (nSPS) is 10.8. The van der Waals surface area contributed by atoms with E-state index in [4.69, 9.17) is 0 Å². The molecule has 1 aromatic carbocycles. The summed E-state index contributed by atoms with van der Waals surface area (Å²) in [7, 11) is 0.